The average Bonchev–Trinajstić information content (AvgIpc) is 2.72. The molecule has 6 heteroatoms. The lowest BCUT2D eigenvalue weighted by Crippen LogP contribution is -2.09. The Kier molecular flexibility index (Phi) is 7.39. The Hall–Kier alpha value is -4.03. The van der Waals surface area contributed by atoms with E-state index < -0.39 is 6.16 Å². The van der Waals surface area contributed by atoms with E-state index in [1.54, 1.807) is 62.6 Å². The molecule has 0 aliphatic carbocycles. The fraction of sp³-hybridized carbons (Fsp3) is 0.136. The summed E-state index contributed by atoms with van der Waals surface area (Å²) < 4.78 is 14.8. The van der Waals surface area contributed by atoms with Gasteiger partial charge in [0.15, 0.2) is 11.4 Å². The van der Waals surface area contributed by atoms with Crippen LogP contribution >= 0.6 is 0 Å². The van der Waals surface area contributed by atoms with Gasteiger partial charge in [-0.2, -0.15) is 0 Å². The standard InChI is InChI=1S/C22H18N2O4/c1-5-27-22(25)28-19-12-8-17(9-13-19)15-21(24-3)20(23-2)14-16-6-10-18(26-4)11-7-16/h6-15H,5H2,1,4H3. The number of hydrogen-bond donors (Lipinski definition) is 0. The van der Waals surface area contributed by atoms with E-state index in [1.807, 2.05) is 12.1 Å². The third-order valence-corrected chi connectivity index (χ3v) is 3.57. The second-order valence-corrected chi connectivity index (χ2v) is 5.41. The molecule has 6 nitrogen and oxygen atoms in total. The second kappa shape index (κ2) is 10.2. The molecular weight excluding hydrogens is 356 g/mol. The van der Waals surface area contributed by atoms with Gasteiger partial charge in [0.25, 0.3) is 0 Å². The second-order valence-electron chi connectivity index (χ2n) is 5.41. The summed E-state index contributed by atoms with van der Waals surface area (Å²) in [6.45, 7) is 16.8. The molecule has 0 bridgehead atoms. The highest BCUT2D eigenvalue weighted by atomic mass is 16.7. The minimum Gasteiger partial charge on any atom is -0.497 e. The molecule has 0 aliphatic rings. The van der Waals surface area contributed by atoms with E-state index in [4.69, 9.17) is 27.4 Å². The minimum atomic E-state index is -0.773. The molecule has 140 valence electrons. The summed E-state index contributed by atoms with van der Waals surface area (Å²) in [5.41, 5.74) is 1.93. The Morgan fingerprint density at radius 3 is 1.75 bits per heavy atom. The Morgan fingerprint density at radius 2 is 1.36 bits per heavy atom. The average molecular weight is 374 g/mol. The SMILES string of the molecule is [C-]#[N+]C(=Cc1ccc(OC)cc1)C(=Cc1ccc(OC(=O)OCC)cc1)[N+]#[C-]. The number of nitrogens with zero attached hydrogens (tertiary/aromatic N) is 2. The Labute approximate surface area is 163 Å². The first kappa shape index (κ1) is 20.3. The lowest BCUT2D eigenvalue weighted by molar-refractivity contribution is 0.104. The van der Waals surface area contributed by atoms with Crippen LogP contribution in [0.5, 0.6) is 11.5 Å². The predicted molar refractivity (Wildman–Crippen MR) is 106 cm³/mol. The van der Waals surface area contributed by atoms with E-state index in [0.29, 0.717) is 17.1 Å². The molecule has 0 atom stereocenters. The maximum absolute atomic E-state index is 11.3. The highest BCUT2D eigenvalue weighted by molar-refractivity contribution is 5.70. The maximum Gasteiger partial charge on any atom is 0.513 e. The molecule has 2 aromatic carbocycles. The molecular formula is C22H18N2O4. The van der Waals surface area contributed by atoms with Gasteiger partial charge >= 0.3 is 6.16 Å². The first-order valence-electron chi connectivity index (χ1n) is 8.37. The van der Waals surface area contributed by atoms with E-state index in [9.17, 15) is 4.79 Å². The Balaban J connectivity index is 2.23. The van der Waals surface area contributed by atoms with Crippen molar-refractivity contribution in [1.29, 1.82) is 0 Å². The Morgan fingerprint density at radius 1 is 0.893 bits per heavy atom. The topological polar surface area (TPSA) is 53.5 Å². The molecule has 0 amide bonds. The van der Waals surface area contributed by atoms with Crippen molar-refractivity contribution in [1.82, 2.24) is 0 Å². The van der Waals surface area contributed by atoms with Gasteiger partial charge in [0.2, 0.25) is 0 Å². The fourth-order valence-electron chi connectivity index (χ4n) is 2.22. The molecule has 0 spiro atoms. The van der Waals surface area contributed by atoms with Crippen LogP contribution in [0.3, 0.4) is 0 Å². The monoisotopic (exact) mass is 374 g/mol. The smallest absolute Gasteiger partial charge is 0.497 e. The van der Waals surface area contributed by atoms with E-state index >= 15 is 0 Å². The zero-order chi connectivity index (χ0) is 20.4. The van der Waals surface area contributed by atoms with Gasteiger partial charge in [0.1, 0.15) is 11.5 Å². The summed E-state index contributed by atoms with van der Waals surface area (Å²) in [6.07, 6.45) is 2.48. The van der Waals surface area contributed by atoms with Crippen LogP contribution in [0.25, 0.3) is 21.8 Å². The summed E-state index contributed by atoms with van der Waals surface area (Å²) in [5.74, 6) is 1.05. The first-order valence-corrected chi connectivity index (χ1v) is 8.37. The predicted octanol–water partition coefficient (Wildman–Crippen LogP) is 5.45. The third-order valence-electron chi connectivity index (χ3n) is 3.57. The molecule has 2 rings (SSSR count). The molecule has 0 aliphatic heterocycles. The van der Waals surface area contributed by atoms with Gasteiger partial charge in [0, 0.05) is 0 Å². The van der Waals surface area contributed by atoms with Gasteiger partial charge in [-0.15, -0.1) is 0 Å². The highest BCUT2D eigenvalue weighted by Crippen LogP contribution is 2.23. The minimum absolute atomic E-state index is 0.213. The van der Waals surface area contributed by atoms with E-state index in [2.05, 4.69) is 9.69 Å². The van der Waals surface area contributed by atoms with E-state index in [0.717, 1.165) is 5.56 Å². The molecule has 0 unspecified atom stereocenters. The zero-order valence-corrected chi connectivity index (χ0v) is 15.5. The van der Waals surface area contributed by atoms with Crippen LogP contribution in [-0.2, 0) is 4.74 Å². The Bertz CT molecular complexity index is 960. The molecule has 0 radical (unpaired) electrons. The maximum atomic E-state index is 11.3. The molecule has 28 heavy (non-hydrogen) atoms. The van der Waals surface area contributed by atoms with Crippen molar-refractivity contribution in [2.45, 2.75) is 6.92 Å². The van der Waals surface area contributed by atoms with E-state index in [-0.39, 0.29) is 18.0 Å². The van der Waals surface area contributed by atoms with Gasteiger partial charge in [-0.05, 0) is 42.3 Å². The normalized spacial score (nSPS) is 11.1. The molecule has 2 aromatic rings. The molecule has 0 aromatic heterocycles. The van der Waals surface area contributed by atoms with Gasteiger partial charge in [-0.25, -0.2) is 4.79 Å². The lowest BCUT2D eigenvalue weighted by atomic mass is 10.1. The number of rotatable bonds is 6. The van der Waals surface area contributed by atoms with Crippen molar-refractivity contribution in [2.24, 2.45) is 0 Å². The van der Waals surface area contributed by atoms with Crippen molar-refractivity contribution >= 4 is 18.3 Å². The van der Waals surface area contributed by atoms with Crippen LogP contribution in [0.15, 0.2) is 59.9 Å². The quantitative estimate of drug-likeness (QED) is 0.292. The molecule has 0 heterocycles. The number of benzene rings is 2. The molecule has 0 saturated carbocycles. The summed E-state index contributed by atoms with van der Waals surface area (Å²) in [6, 6.07) is 13.8. The number of carbonyl (C=O) groups excluding carboxylic acids is 1. The van der Waals surface area contributed by atoms with Crippen LogP contribution in [0.2, 0.25) is 0 Å². The largest absolute Gasteiger partial charge is 0.513 e. The summed E-state index contributed by atoms with van der Waals surface area (Å²) in [5, 5.41) is 0. The number of carbonyl (C=O) groups is 1. The molecule has 0 saturated heterocycles. The number of ether oxygens (including phenoxy) is 3. The van der Waals surface area contributed by atoms with Crippen LogP contribution in [0.4, 0.5) is 4.79 Å². The van der Waals surface area contributed by atoms with Gasteiger partial charge in [0.05, 0.1) is 26.9 Å². The van der Waals surface area contributed by atoms with Crippen molar-refractivity contribution in [2.75, 3.05) is 13.7 Å². The summed E-state index contributed by atoms with van der Waals surface area (Å²) in [4.78, 5) is 18.3. The molecule has 0 fully saturated rings. The van der Waals surface area contributed by atoms with Crippen LogP contribution in [0, 0.1) is 13.1 Å². The van der Waals surface area contributed by atoms with Gasteiger partial charge in [-0.3, -0.25) is 9.69 Å². The summed E-state index contributed by atoms with van der Waals surface area (Å²) >= 11 is 0. The molecule has 0 N–H and O–H groups in total. The lowest BCUT2D eigenvalue weighted by Gasteiger charge is -2.04. The van der Waals surface area contributed by atoms with Gasteiger partial charge < -0.3 is 14.2 Å². The zero-order valence-electron chi connectivity index (χ0n) is 15.5. The van der Waals surface area contributed by atoms with Crippen molar-refractivity contribution in [3.63, 3.8) is 0 Å². The van der Waals surface area contributed by atoms with Crippen LogP contribution < -0.4 is 9.47 Å². The number of hydrogen-bond acceptors (Lipinski definition) is 4. The van der Waals surface area contributed by atoms with Crippen molar-refractivity contribution in [3.8, 4) is 11.5 Å². The third kappa shape index (κ3) is 5.76. The van der Waals surface area contributed by atoms with Crippen LogP contribution in [-0.4, -0.2) is 19.9 Å². The number of methoxy groups -OCH3 is 1. The highest BCUT2D eigenvalue weighted by Gasteiger charge is 2.08. The van der Waals surface area contributed by atoms with Gasteiger partial charge in [-0.1, -0.05) is 36.4 Å². The summed E-state index contributed by atoms with van der Waals surface area (Å²) in [7, 11) is 1.58. The van der Waals surface area contributed by atoms with Crippen molar-refractivity contribution < 1.29 is 19.0 Å². The van der Waals surface area contributed by atoms with E-state index in [1.165, 1.54) is 0 Å². The van der Waals surface area contributed by atoms with Crippen molar-refractivity contribution in [3.05, 3.63) is 93.9 Å². The first-order chi connectivity index (χ1) is 13.6. The van der Waals surface area contributed by atoms with Crippen LogP contribution in [0.1, 0.15) is 18.1 Å². The fourth-order valence-corrected chi connectivity index (χ4v) is 2.22.